The second kappa shape index (κ2) is 9.60. The summed E-state index contributed by atoms with van der Waals surface area (Å²) >= 11 is 6.17. The molecule has 31 heavy (non-hydrogen) atoms. The van der Waals surface area contributed by atoms with Crippen LogP contribution in [0, 0.1) is 0 Å². The number of hydrogen-bond acceptors (Lipinski definition) is 4. The van der Waals surface area contributed by atoms with E-state index < -0.39 is 0 Å². The van der Waals surface area contributed by atoms with Crippen LogP contribution in [0.25, 0.3) is 0 Å². The Bertz CT molecular complexity index is 1130. The van der Waals surface area contributed by atoms with Gasteiger partial charge in [0.1, 0.15) is 0 Å². The lowest BCUT2D eigenvalue weighted by Gasteiger charge is -2.35. The fourth-order valence-electron chi connectivity index (χ4n) is 4.18. The smallest absolute Gasteiger partial charge is 0.173 e. The molecule has 2 heterocycles. The quantitative estimate of drug-likeness (QED) is 0.430. The van der Waals surface area contributed by atoms with Gasteiger partial charge in [-0.1, -0.05) is 78.3 Å². The average molecular weight is 452 g/mol. The van der Waals surface area contributed by atoms with Crippen molar-refractivity contribution in [1.82, 2.24) is 25.1 Å². The average Bonchev–Trinajstić information content (AvgIpc) is 3.23. The Labute approximate surface area is 193 Å². The molecular weight excluding hydrogens is 429 g/mol. The van der Waals surface area contributed by atoms with Crippen LogP contribution < -0.4 is 0 Å². The van der Waals surface area contributed by atoms with Gasteiger partial charge in [0.05, 0.1) is 12.6 Å². The number of aromatic nitrogens is 4. The molecule has 0 amide bonds. The highest BCUT2D eigenvalue weighted by atomic mass is 35.5. The van der Waals surface area contributed by atoms with E-state index in [1.54, 1.807) is 0 Å². The monoisotopic (exact) mass is 451 g/mol. The predicted octanol–water partition coefficient (Wildman–Crippen LogP) is 4.94. The molecule has 1 aliphatic rings. The first-order valence-corrected chi connectivity index (χ1v) is 10.5. The maximum Gasteiger partial charge on any atom is 0.173 e. The van der Waals surface area contributed by atoms with Gasteiger partial charge in [-0.15, -0.1) is 17.5 Å². The van der Waals surface area contributed by atoms with Crippen LogP contribution >= 0.6 is 24.0 Å². The van der Waals surface area contributed by atoms with Gasteiger partial charge in [-0.3, -0.25) is 4.90 Å². The maximum absolute atomic E-state index is 6.17. The molecule has 1 aliphatic heterocycles. The number of nitrogens with zero attached hydrogens (tertiary/aromatic N) is 5. The molecule has 1 unspecified atom stereocenters. The Hall–Kier alpha value is -2.73. The molecule has 1 atom stereocenters. The van der Waals surface area contributed by atoms with E-state index >= 15 is 0 Å². The van der Waals surface area contributed by atoms with Crippen LogP contribution in [-0.2, 0) is 19.5 Å². The third-order valence-electron chi connectivity index (χ3n) is 5.69. The molecule has 0 saturated heterocycles. The molecule has 0 spiro atoms. The van der Waals surface area contributed by atoms with Gasteiger partial charge in [-0.2, -0.15) is 0 Å². The van der Waals surface area contributed by atoms with E-state index in [9.17, 15) is 0 Å². The zero-order valence-corrected chi connectivity index (χ0v) is 18.5. The lowest BCUT2D eigenvalue weighted by molar-refractivity contribution is 0.195. The van der Waals surface area contributed by atoms with Gasteiger partial charge in [0, 0.05) is 18.1 Å². The number of halogens is 2. The first kappa shape index (κ1) is 21.5. The zero-order chi connectivity index (χ0) is 20.3. The van der Waals surface area contributed by atoms with Gasteiger partial charge in [0.2, 0.25) is 0 Å². The summed E-state index contributed by atoms with van der Waals surface area (Å²) < 4.78 is 1.91. The summed E-state index contributed by atoms with van der Waals surface area (Å²) in [6, 6.07) is 26.9. The first-order valence-electron chi connectivity index (χ1n) is 10.1. The molecule has 5 nitrogen and oxygen atoms in total. The van der Waals surface area contributed by atoms with Crippen molar-refractivity contribution < 1.29 is 0 Å². The summed E-state index contributed by atoms with van der Waals surface area (Å²) in [4.78, 5) is 2.46. The maximum atomic E-state index is 6.17. The molecule has 3 aromatic carbocycles. The molecule has 5 rings (SSSR count). The summed E-state index contributed by atoms with van der Waals surface area (Å²) in [6.07, 6.45) is 1.01. The van der Waals surface area contributed by atoms with Gasteiger partial charge in [0.25, 0.3) is 0 Å². The number of hydrogen-bond donors (Lipinski definition) is 0. The van der Waals surface area contributed by atoms with E-state index in [1.807, 2.05) is 35.0 Å². The van der Waals surface area contributed by atoms with Crippen molar-refractivity contribution >= 4 is 24.0 Å². The van der Waals surface area contributed by atoms with Crippen LogP contribution in [0.5, 0.6) is 0 Å². The van der Waals surface area contributed by atoms with Crippen LogP contribution in [-0.4, -0.2) is 31.7 Å². The Balaban J connectivity index is 0.00000231. The number of fused-ring (bicyclic) bond motifs is 1. The standard InChI is InChI=1S/C24H22ClN5.ClH/c25-22-12-10-20(11-13-22)23(29-15-14-19-8-4-5-9-21(19)17-29)24-26-27-28-30(24)16-18-6-2-1-3-7-18;/h1-13,23H,14-17H2;1H. The lowest BCUT2D eigenvalue weighted by atomic mass is 9.96. The van der Waals surface area contributed by atoms with Crippen LogP contribution in [0.15, 0.2) is 78.9 Å². The highest BCUT2D eigenvalue weighted by Gasteiger charge is 2.30. The molecule has 0 saturated carbocycles. The van der Waals surface area contributed by atoms with E-state index in [0.29, 0.717) is 6.54 Å². The van der Waals surface area contributed by atoms with Gasteiger partial charge in [0.15, 0.2) is 5.82 Å². The van der Waals surface area contributed by atoms with Crippen molar-refractivity contribution in [3.8, 4) is 0 Å². The number of tetrazole rings is 1. The molecule has 0 aliphatic carbocycles. The topological polar surface area (TPSA) is 46.8 Å². The van der Waals surface area contributed by atoms with Crippen molar-refractivity contribution in [3.05, 3.63) is 112 Å². The summed E-state index contributed by atoms with van der Waals surface area (Å²) in [6.45, 7) is 2.45. The minimum atomic E-state index is -0.0469. The van der Waals surface area contributed by atoms with Crippen LogP contribution in [0.2, 0.25) is 5.02 Å². The highest BCUT2D eigenvalue weighted by Crippen LogP contribution is 2.32. The van der Waals surface area contributed by atoms with Crippen molar-refractivity contribution in [2.45, 2.75) is 25.6 Å². The normalized spacial score (nSPS) is 14.5. The molecule has 0 N–H and O–H groups in total. The zero-order valence-electron chi connectivity index (χ0n) is 16.9. The van der Waals surface area contributed by atoms with Crippen molar-refractivity contribution in [2.75, 3.05) is 6.54 Å². The van der Waals surface area contributed by atoms with Crippen LogP contribution in [0.1, 0.15) is 34.1 Å². The van der Waals surface area contributed by atoms with Gasteiger partial charge < -0.3 is 0 Å². The SMILES string of the molecule is Cl.Clc1ccc(C(c2nnnn2Cc2ccccc2)N2CCc3ccccc3C2)cc1. The predicted molar refractivity (Wildman–Crippen MR) is 124 cm³/mol. The molecule has 0 fully saturated rings. The third kappa shape index (κ3) is 4.64. The first-order chi connectivity index (χ1) is 14.8. The summed E-state index contributed by atoms with van der Waals surface area (Å²) in [5.74, 6) is 0.848. The van der Waals surface area contributed by atoms with E-state index in [1.165, 1.54) is 16.7 Å². The molecule has 4 aromatic rings. The minimum absolute atomic E-state index is 0. The van der Waals surface area contributed by atoms with Gasteiger partial charge >= 0.3 is 0 Å². The van der Waals surface area contributed by atoms with Crippen molar-refractivity contribution in [1.29, 1.82) is 0 Å². The second-order valence-electron chi connectivity index (χ2n) is 7.62. The Kier molecular flexibility index (Phi) is 6.66. The fourth-order valence-corrected chi connectivity index (χ4v) is 4.31. The second-order valence-corrected chi connectivity index (χ2v) is 8.06. The summed E-state index contributed by atoms with van der Waals surface area (Å²) in [7, 11) is 0. The van der Waals surface area contributed by atoms with Crippen molar-refractivity contribution in [2.24, 2.45) is 0 Å². The van der Waals surface area contributed by atoms with Gasteiger partial charge in [-0.25, -0.2) is 4.68 Å². The number of rotatable bonds is 5. The highest BCUT2D eigenvalue weighted by molar-refractivity contribution is 6.30. The Morgan fingerprint density at radius 2 is 1.58 bits per heavy atom. The summed E-state index contributed by atoms with van der Waals surface area (Å²) in [5, 5.41) is 13.5. The molecule has 7 heteroatoms. The molecule has 1 aromatic heterocycles. The summed E-state index contributed by atoms with van der Waals surface area (Å²) in [5.41, 5.74) is 5.10. The molecule has 158 valence electrons. The fraction of sp³-hybridized carbons (Fsp3) is 0.208. The van der Waals surface area contributed by atoms with Crippen molar-refractivity contribution in [3.63, 3.8) is 0 Å². The van der Waals surface area contributed by atoms with E-state index in [2.05, 4.69) is 69.0 Å². The minimum Gasteiger partial charge on any atom is -0.285 e. The van der Waals surface area contributed by atoms with E-state index in [4.69, 9.17) is 11.6 Å². The number of benzene rings is 3. The van der Waals surface area contributed by atoms with Crippen LogP contribution in [0.4, 0.5) is 0 Å². The van der Waals surface area contributed by atoms with Gasteiger partial charge in [-0.05, 0) is 51.2 Å². The lowest BCUT2D eigenvalue weighted by Crippen LogP contribution is -2.36. The molecule has 0 bridgehead atoms. The van der Waals surface area contributed by atoms with E-state index in [0.717, 1.165) is 35.9 Å². The Morgan fingerprint density at radius 1 is 0.871 bits per heavy atom. The third-order valence-corrected chi connectivity index (χ3v) is 5.94. The van der Waals surface area contributed by atoms with Crippen LogP contribution in [0.3, 0.4) is 0 Å². The molecular formula is C24H23Cl2N5. The Morgan fingerprint density at radius 3 is 2.35 bits per heavy atom. The molecule has 0 radical (unpaired) electrons. The van der Waals surface area contributed by atoms with E-state index in [-0.39, 0.29) is 18.4 Å². The largest absolute Gasteiger partial charge is 0.285 e.